The number of aromatic nitrogens is 2. The fraction of sp³-hybridized carbons (Fsp3) is 0.261. The minimum absolute atomic E-state index is 0.0224. The van der Waals surface area contributed by atoms with E-state index < -0.39 is 15.7 Å². The van der Waals surface area contributed by atoms with Gasteiger partial charge < -0.3 is 10.1 Å². The highest BCUT2D eigenvalue weighted by Crippen LogP contribution is 2.31. The van der Waals surface area contributed by atoms with Crippen LogP contribution >= 0.6 is 0 Å². The summed E-state index contributed by atoms with van der Waals surface area (Å²) in [6, 6.07) is 17.2. The van der Waals surface area contributed by atoms with Crippen LogP contribution < -0.4 is 10.1 Å². The highest BCUT2D eigenvalue weighted by molar-refractivity contribution is 7.91. The van der Waals surface area contributed by atoms with Gasteiger partial charge in [-0.3, -0.25) is 14.3 Å². The number of hydrogen-bond acceptors (Lipinski definition) is 6. The largest absolute Gasteiger partial charge is 0.497 e. The third kappa shape index (κ3) is 4.72. The lowest BCUT2D eigenvalue weighted by atomic mass is 10.1. The topological polar surface area (TPSA) is 107 Å². The molecule has 1 fully saturated rings. The third-order valence-corrected chi connectivity index (χ3v) is 7.16. The molecule has 2 aromatic carbocycles. The molecule has 0 radical (unpaired) electrons. The highest BCUT2D eigenvalue weighted by atomic mass is 32.2. The normalized spacial score (nSPS) is 17.1. The van der Waals surface area contributed by atoms with Crippen molar-refractivity contribution in [2.24, 2.45) is 0 Å². The molecule has 166 valence electrons. The van der Waals surface area contributed by atoms with Crippen LogP contribution in [0.3, 0.4) is 0 Å². The van der Waals surface area contributed by atoms with Crippen molar-refractivity contribution < 1.29 is 22.7 Å². The molecule has 1 amide bonds. The molecule has 0 bridgehead atoms. The van der Waals surface area contributed by atoms with Crippen molar-refractivity contribution in [1.29, 1.82) is 0 Å². The number of benzene rings is 2. The first-order valence-corrected chi connectivity index (χ1v) is 12.0. The van der Waals surface area contributed by atoms with E-state index in [1.807, 2.05) is 18.2 Å². The molecule has 0 saturated carbocycles. The monoisotopic (exact) mass is 453 g/mol. The maximum Gasteiger partial charge on any atom is 0.272 e. The van der Waals surface area contributed by atoms with Crippen molar-refractivity contribution >= 4 is 21.5 Å². The maximum atomic E-state index is 12.7. The number of ketones is 1. The summed E-state index contributed by atoms with van der Waals surface area (Å²) in [6.07, 6.45) is 0.431. The first-order chi connectivity index (χ1) is 15.4. The van der Waals surface area contributed by atoms with Gasteiger partial charge in [0.2, 0.25) is 0 Å². The smallest absolute Gasteiger partial charge is 0.272 e. The van der Waals surface area contributed by atoms with Crippen molar-refractivity contribution in [2.75, 3.05) is 25.2 Å². The third-order valence-electron chi connectivity index (χ3n) is 5.41. The Hall–Kier alpha value is -3.46. The number of nitrogens with one attached hydrogen (secondary N) is 1. The SMILES string of the molecule is COc1ccc(-c2cc(C(=O)NCC(=O)c3ccccc3)nn2[C@H]2CCS(=O)(=O)C2)cc1. The van der Waals surface area contributed by atoms with E-state index >= 15 is 0 Å². The number of carbonyl (C=O) groups excluding carboxylic acids is 2. The molecular weight excluding hydrogens is 430 g/mol. The van der Waals surface area contributed by atoms with Crippen molar-refractivity contribution in [3.05, 3.63) is 71.9 Å². The Morgan fingerprint density at radius 2 is 1.84 bits per heavy atom. The molecule has 1 aliphatic heterocycles. The predicted molar refractivity (Wildman–Crippen MR) is 120 cm³/mol. The molecule has 0 unspecified atom stereocenters. The minimum atomic E-state index is -3.14. The fourth-order valence-electron chi connectivity index (χ4n) is 3.71. The molecule has 1 aromatic heterocycles. The molecule has 4 rings (SSSR count). The summed E-state index contributed by atoms with van der Waals surface area (Å²) in [7, 11) is -1.57. The van der Waals surface area contributed by atoms with Crippen LogP contribution in [-0.2, 0) is 9.84 Å². The summed E-state index contributed by atoms with van der Waals surface area (Å²) in [5, 5.41) is 7.04. The molecule has 1 N–H and O–H groups in total. The zero-order valence-electron chi connectivity index (χ0n) is 17.5. The summed E-state index contributed by atoms with van der Waals surface area (Å²) in [5.74, 6) is 0.0397. The minimum Gasteiger partial charge on any atom is -0.497 e. The number of sulfone groups is 1. The van der Waals surface area contributed by atoms with Crippen LogP contribution in [0.4, 0.5) is 0 Å². The molecule has 8 nitrogen and oxygen atoms in total. The molecule has 2 heterocycles. The van der Waals surface area contributed by atoms with E-state index in [0.717, 1.165) is 5.56 Å². The van der Waals surface area contributed by atoms with Crippen molar-refractivity contribution in [1.82, 2.24) is 15.1 Å². The van der Waals surface area contributed by atoms with Gasteiger partial charge in [-0.2, -0.15) is 5.10 Å². The summed E-state index contributed by atoms with van der Waals surface area (Å²) in [5.41, 5.74) is 2.05. The van der Waals surface area contributed by atoms with Crippen LogP contribution in [0, 0.1) is 0 Å². The van der Waals surface area contributed by atoms with Gasteiger partial charge >= 0.3 is 0 Å². The Morgan fingerprint density at radius 3 is 2.47 bits per heavy atom. The van der Waals surface area contributed by atoms with Gasteiger partial charge in [0.25, 0.3) is 5.91 Å². The van der Waals surface area contributed by atoms with Crippen molar-refractivity contribution in [3.8, 4) is 17.0 Å². The standard InChI is InChI=1S/C23H23N3O5S/c1-31-19-9-7-16(8-10-19)21-13-20(25-26(21)18-11-12-32(29,30)15-18)23(28)24-14-22(27)17-5-3-2-4-6-17/h2-10,13,18H,11-12,14-15H2,1H3,(H,24,28)/t18-/m0/s1. The average Bonchev–Trinajstić information content (AvgIpc) is 3.41. The van der Waals surface area contributed by atoms with Gasteiger partial charge in [0.15, 0.2) is 21.3 Å². The van der Waals surface area contributed by atoms with Crippen LogP contribution in [0.25, 0.3) is 11.3 Å². The number of amides is 1. The van der Waals surface area contributed by atoms with Crippen LogP contribution in [0.15, 0.2) is 60.7 Å². The zero-order chi connectivity index (χ0) is 22.7. The molecule has 3 aromatic rings. The number of nitrogens with zero attached hydrogens (tertiary/aromatic N) is 2. The van der Waals surface area contributed by atoms with E-state index in [4.69, 9.17) is 4.74 Å². The maximum absolute atomic E-state index is 12.7. The fourth-order valence-corrected chi connectivity index (χ4v) is 5.40. The summed E-state index contributed by atoms with van der Waals surface area (Å²) >= 11 is 0. The first kappa shape index (κ1) is 21.8. The summed E-state index contributed by atoms with van der Waals surface area (Å²) in [4.78, 5) is 25.0. The molecule has 32 heavy (non-hydrogen) atoms. The van der Waals surface area contributed by atoms with Gasteiger partial charge in [-0.25, -0.2) is 8.42 Å². The van der Waals surface area contributed by atoms with Gasteiger partial charge in [0.1, 0.15) is 5.75 Å². The van der Waals surface area contributed by atoms with E-state index in [1.165, 1.54) is 0 Å². The van der Waals surface area contributed by atoms with E-state index in [2.05, 4.69) is 10.4 Å². The number of methoxy groups -OCH3 is 1. The van der Waals surface area contributed by atoms with Gasteiger partial charge in [-0.15, -0.1) is 0 Å². The Labute approximate surface area is 186 Å². The van der Waals surface area contributed by atoms with E-state index in [1.54, 1.807) is 54.3 Å². The zero-order valence-corrected chi connectivity index (χ0v) is 18.3. The van der Waals surface area contributed by atoms with Crippen molar-refractivity contribution in [3.63, 3.8) is 0 Å². The molecular formula is C23H23N3O5S. The lowest BCUT2D eigenvalue weighted by molar-refractivity contribution is 0.0900. The average molecular weight is 454 g/mol. The number of hydrogen-bond donors (Lipinski definition) is 1. The second-order valence-electron chi connectivity index (χ2n) is 7.62. The summed E-state index contributed by atoms with van der Waals surface area (Å²) in [6.45, 7) is -0.161. The number of rotatable bonds is 7. The van der Waals surface area contributed by atoms with Crippen LogP contribution in [0.2, 0.25) is 0 Å². The van der Waals surface area contributed by atoms with Crippen LogP contribution in [0.5, 0.6) is 5.75 Å². The lowest BCUT2D eigenvalue weighted by Crippen LogP contribution is -2.30. The Bertz CT molecular complexity index is 1230. The second kappa shape index (κ2) is 8.96. The summed E-state index contributed by atoms with van der Waals surface area (Å²) < 4.78 is 30.9. The molecule has 1 atom stereocenters. The van der Waals surface area contributed by atoms with Gasteiger partial charge in [0.05, 0.1) is 36.9 Å². The van der Waals surface area contributed by atoms with E-state index in [9.17, 15) is 18.0 Å². The molecule has 0 aliphatic carbocycles. The molecule has 9 heteroatoms. The van der Waals surface area contributed by atoms with E-state index in [-0.39, 0.29) is 35.6 Å². The quantitative estimate of drug-likeness (QED) is 0.551. The van der Waals surface area contributed by atoms with E-state index in [0.29, 0.717) is 23.4 Å². The molecule has 1 aliphatic rings. The Kier molecular flexibility index (Phi) is 6.09. The highest BCUT2D eigenvalue weighted by Gasteiger charge is 2.32. The van der Waals surface area contributed by atoms with Crippen LogP contribution in [-0.4, -0.2) is 55.0 Å². The predicted octanol–water partition coefficient (Wildman–Crippen LogP) is 2.53. The lowest BCUT2D eigenvalue weighted by Gasteiger charge is -2.13. The van der Waals surface area contributed by atoms with Gasteiger partial charge in [-0.1, -0.05) is 30.3 Å². The Morgan fingerprint density at radius 1 is 1.12 bits per heavy atom. The number of ether oxygens (including phenoxy) is 1. The Balaban J connectivity index is 1.59. The van der Waals surface area contributed by atoms with Gasteiger partial charge in [0, 0.05) is 11.1 Å². The molecule has 0 spiro atoms. The van der Waals surface area contributed by atoms with Crippen molar-refractivity contribution in [2.45, 2.75) is 12.5 Å². The number of Topliss-reactive ketones (excluding diaryl/α,β-unsaturated/α-hetero) is 1. The van der Waals surface area contributed by atoms with Gasteiger partial charge in [-0.05, 0) is 36.8 Å². The number of carbonyl (C=O) groups is 2. The van der Waals surface area contributed by atoms with Crippen LogP contribution in [0.1, 0.15) is 33.3 Å². The second-order valence-corrected chi connectivity index (χ2v) is 9.85. The first-order valence-electron chi connectivity index (χ1n) is 10.2. The molecule has 1 saturated heterocycles.